The summed E-state index contributed by atoms with van der Waals surface area (Å²) in [5.74, 6) is -0.215. The monoisotopic (exact) mass is 249 g/mol. The van der Waals surface area contributed by atoms with Crippen molar-refractivity contribution in [3.05, 3.63) is 57.5 Å². The number of hydrogen-bond acceptors (Lipinski definition) is 2. The summed E-state index contributed by atoms with van der Waals surface area (Å²) in [5.41, 5.74) is 6.64. The fourth-order valence-electron chi connectivity index (χ4n) is 1.82. The van der Waals surface area contributed by atoms with Gasteiger partial charge in [-0.15, -0.1) is 11.3 Å². The molecule has 17 heavy (non-hydrogen) atoms. The maximum absolute atomic E-state index is 13.5. The highest BCUT2D eigenvalue weighted by molar-refractivity contribution is 7.11. The maximum atomic E-state index is 13.5. The van der Waals surface area contributed by atoms with E-state index in [-0.39, 0.29) is 11.9 Å². The van der Waals surface area contributed by atoms with Crippen LogP contribution in [-0.4, -0.2) is 0 Å². The number of rotatable bonds is 4. The number of benzene rings is 1. The second kappa shape index (κ2) is 5.43. The van der Waals surface area contributed by atoms with Crippen molar-refractivity contribution in [2.45, 2.75) is 25.8 Å². The van der Waals surface area contributed by atoms with Crippen LogP contribution in [0.15, 0.2) is 36.4 Å². The van der Waals surface area contributed by atoms with E-state index in [2.05, 4.69) is 19.1 Å². The van der Waals surface area contributed by atoms with E-state index in [1.165, 1.54) is 15.8 Å². The molecule has 2 aromatic rings. The van der Waals surface area contributed by atoms with E-state index in [9.17, 15) is 4.39 Å². The number of aryl methyl sites for hydroxylation is 1. The van der Waals surface area contributed by atoms with Gasteiger partial charge in [0, 0.05) is 27.8 Å². The van der Waals surface area contributed by atoms with Crippen LogP contribution in [0.2, 0.25) is 0 Å². The van der Waals surface area contributed by atoms with Crippen molar-refractivity contribution in [2.24, 2.45) is 5.73 Å². The topological polar surface area (TPSA) is 26.0 Å². The molecular weight excluding hydrogens is 233 g/mol. The first-order chi connectivity index (χ1) is 8.20. The van der Waals surface area contributed by atoms with Gasteiger partial charge in [-0.3, -0.25) is 0 Å². The summed E-state index contributed by atoms with van der Waals surface area (Å²) in [6, 6.07) is 10.7. The Morgan fingerprint density at radius 3 is 2.53 bits per heavy atom. The Bertz CT molecular complexity index is 492. The molecule has 1 nitrogen and oxygen atoms in total. The number of halogens is 1. The Morgan fingerprint density at radius 2 is 1.88 bits per heavy atom. The summed E-state index contributed by atoms with van der Waals surface area (Å²) in [4.78, 5) is 2.57. The Morgan fingerprint density at radius 1 is 1.18 bits per heavy atom. The molecule has 0 radical (unpaired) electrons. The molecule has 0 saturated carbocycles. The number of nitrogens with two attached hydrogens (primary N) is 1. The van der Waals surface area contributed by atoms with E-state index in [1.54, 1.807) is 23.5 Å². The minimum absolute atomic E-state index is 0.215. The summed E-state index contributed by atoms with van der Waals surface area (Å²) < 4.78 is 13.5. The Kier molecular flexibility index (Phi) is 3.92. The normalized spacial score (nSPS) is 12.6. The van der Waals surface area contributed by atoms with E-state index in [0.717, 1.165) is 6.42 Å². The van der Waals surface area contributed by atoms with Crippen molar-refractivity contribution < 1.29 is 4.39 Å². The first kappa shape index (κ1) is 12.3. The second-order valence-electron chi connectivity index (χ2n) is 4.05. The highest BCUT2D eigenvalue weighted by Gasteiger charge is 2.12. The molecule has 1 atom stereocenters. The maximum Gasteiger partial charge on any atom is 0.127 e. The molecule has 0 aliphatic carbocycles. The summed E-state index contributed by atoms with van der Waals surface area (Å²) in [7, 11) is 0. The quantitative estimate of drug-likeness (QED) is 0.878. The van der Waals surface area contributed by atoms with Crippen molar-refractivity contribution in [1.29, 1.82) is 0 Å². The molecule has 0 fully saturated rings. The average Bonchev–Trinajstić information content (AvgIpc) is 2.77. The van der Waals surface area contributed by atoms with Gasteiger partial charge >= 0.3 is 0 Å². The lowest BCUT2D eigenvalue weighted by Crippen LogP contribution is -2.14. The number of hydrogen-bond donors (Lipinski definition) is 1. The molecule has 3 heteroatoms. The lowest BCUT2D eigenvalue weighted by atomic mass is 10.0. The summed E-state index contributed by atoms with van der Waals surface area (Å²) in [5, 5.41) is 0. The van der Waals surface area contributed by atoms with Crippen LogP contribution in [-0.2, 0) is 12.8 Å². The van der Waals surface area contributed by atoms with Crippen molar-refractivity contribution in [2.75, 3.05) is 0 Å². The smallest absolute Gasteiger partial charge is 0.127 e. The molecule has 1 aromatic carbocycles. The molecular formula is C14H16FNS. The van der Waals surface area contributed by atoms with Gasteiger partial charge in [0.1, 0.15) is 5.82 Å². The zero-order valence-corrected chi connectivity index (χ0v) is 10.6. The summed E-state index contributed by atoms with van der Waals surface area (Å²) in [6.45, 7) is 2.13. The Balaban J connectivity index is 2.11. The van der Waals surface area contributed by atoms with Crippen molar-refractivity contribution in [3.63, 3.8) is 0 Å². The van der Waals surface area contributed by atoms with Crippen LogP contribution in [0.25, 0.3) is 0 Å². The molecule has 1 aromatic heterocycles. The zero-order valence-electron chi connectivity index (χ0n) is 9.82. The second-order valence-corrected chi connectivity index (χ2v) is 5.31. The van der Waals surface area contributed by atoms with Crippen LogP contribution in [0.3, 0.4) is 0 Å². The predicted molar refractivity (Wildman–Crippen MR) is 70.7 cm³/mol. The molecule has 1 heterocycles. The molecule has 0 spiro atoms. The fraction of sp³-hybridized carbons (Fsp3) is 0.286. The van der Waals surface area contributed by atoms with Crippen molar-refractivity contribution in [3.8, 4) is 0 Å². The van der Waals surface area contributed by atoms with Gasteiger partial charge in [0.2, 0.25) is 0 Å². The van der Waals surface area contributed by atoms with Crippen molar-refractivity contribution in [1.82, 2.24) is 0 Å². The van der Waals surface area contributed by atoms with Gasteiger partial charge in [0.15, 0.2) is 0 Å². The molecule has 0 aliphatic heterocycles. The molecule has 0 saturated heterocycles. The van der Waals surface area contributed by atoms with E-state index in [0.29, 0.717) is 12.0 Å². The predicted octanol–water partition coefficient (Wildman–Crippen LogP) is 3.69. The van der Waals surface area contributed by atoms with E-state index >= 15 is 0 Å². The van der Waals surface area contributed by atoms with Gasteiger partial charge in [-0.05, 0) is 24.6 Å². The zero-order chi connectivity index (χ0) is 12.3. The highest BCUT2D eigenvalue weighted by atomic mass is 32.1. The summed E-state index contributed by atoms with van der Waals surface area (Å²) in [6.07, 6.45) is 1.74. The number of thiophene rings is 1. The first-order valence-electron chi connectivity index (χ1n) is 5.78. The van der Waals surface area contributed by atoms with Gasteiger partial charge in [0.25, 0.3) is 0 Å². The third-order valence-electron chi connectivity index (χ3n) is 2.79. The van der Waals surface area contributed by atoms with Crippen LogP contribution >= 0.6 is 11.3 Å². The van der Waals surface area contributed by atoms with E-state index in [1.807, 2.05) is 6.07 Å². The lowest BCUT2D eigenvalue weighted by molar-refractivity contribution is 0.581. The molecule has 0 amide bonds. The standard InChI is InChI=1S/C14H16FNS/c1-2-10-7-8-11(17-10)9-14(16)12-5-3-4-6-13(12)15/h3-8,14H,2,9,16H2,1H3. The van der Waals surface area contributed by atoms with Crippen LogP contribution in [0.4, 0.5) is 4.39 Å². The van der Waals surface area contributed by atoms with Crippen LogP contribution in [0.5, 0.6) is 0 Å². The largest absolute Gasteiger partial charge is 0.324 e. The third-order valence-corrected chi connectivity index (χ3v) is 4.04. The van der Waals surface area contributed by atoms with Crippen molar-refractivity contribution >= 4 is 11.3 Å². The average molecular weight is 249 g/mol. The molecule has 0 aliphatic rings. The van der Waals surface area contributed by atoms with Gasteiger partial charge < -0.3 is 5.73 Å². The van der Waals surface area contributed by atoms with E-state index in [4.69, 9.17) is 5.73 Å². The van der Waals surface area contributed by atoms with Gasteiger partial charge in [0.05, 0.1) is 0 Å². The molecule has 90 valence electrons. The first-order valence-corrected chi connectivity index (χ1v) is 6.60. The fourth-order valence-corrected chi connectivity index (χ4v) is 2.84. The Labute approximate surface area is 105 Å². The van der Waals surface area contributed by atoms with Crippen LogP contribution in [0, 0.1) is 5.82 Å². The van der Waals surface area contributed by atoms with Gasteiger partial charge in [-0.25, -0.2) is 4.39 Å². The van der Waals surface area contributed by atoms with Crippen LogP contribution < -0.4 is 5.73 Å². The summed E-state index contributed by atoms with van der Waals surface area (Å²) >= 11 is 1.76. The molecule has 2 rings (SSSR count). The Hall–Kier alpha value is -1.19. The molecule has 0 bridgehead atoms. The molecule has 2 N–H and O–H groups in total. The van der Waals surface area contributed by atoms with Gasteiger partial charge in [-0.1, -0.05) is 25.1 Å². The van der Waals surface area contributed by atoms with E-state index < -0.39 is 0 Å². The van der Waals surface area contributed by atoms with Gasteiger partial charge in [-0.2, -0.15) is 0 Å². The third kappa shape index (κ3) is 2.93. The SMILES string of the molecule is CCc1ccc(CC(N)c2ccccc2F)s1. The minimum atomic E-state index is -0.264. The molecule has 1 unspecified atom stereocenters. The highest BCUT2D eigenvalue weighted by Crippen LogP contribution is 2.24. The van der Waals surface area contributed by atoms with Crippen LogP contribution in [0.1, 0.15) is 28.3 Å². The lowest BCUT2D eigenvalue weighted by Gasteiger charge is -2.11. The minimum Gasteiger partial charge on any atom is -0.324 e.